The lowest BCUT2D eigenvalue weighted by Crippen LogP contribution is -2.50. The molecule has 1 saturated carbocycles. The highest BCUT2D eigenvalue weighted by Crippen LogP contribution is 2.30. The van der Waals surface area contributed by atoms with Crippen LogP contribution in [0.2, 0.25) is 5.02 Å². The van der Waals surface area contributed by atoms with E-state index in [4.69, 9.17) is 11.6 Å². The first kappa shape index (κ1) is 19.1. The Hall–Kier alpha value is -2.27. The van der Waals surface area contributed by atoms with Gasteiger partial charge < -0.3 is 14.8 Å². The fourth-order valence-corrected chi connectivity index (χ4v) is 4.41. The molecule has 0 saturated heterocycles. The van der Waals surface area contributed by atoms with Crippen LogP contribution in [0.4, 0.5) is 0 Å². The van der Waals surface area contributed by atoms with Crippen LogP contribution in [0, 0.1) is 5.92 Å². The third-order valence-corrected chi connectivity index (χ3v) is 6.21. The number of fused-ring (bicyclic) bond motifs is 1. The third-order valence-electron chi connectivity index (χ3n) is 5.96. The van der Waals surface area contributed by atoms with E-state index in [1.54, 1.807) is 4.90 Å². The number of benzene rings is 1. The van der Waals surface area contributed by atoms with Crippen molar-refractivity contribution in [3.8, 4) is 0 Å². The molecule has 0 bridgehead atoms. The number of aromatic nitrogens is 1. The molecule has 1 fully saturated rings. The van der Waals surface area contributed by atoms with Gasteiger partial charge in [0.15, 0.2) is 6.04 Å². The van der Waals surface area contributed by atoms with Crippen LogP contribution < -0.4 is 5.32 Å². The van der Waals surface area contributed by atoms with Gasteiger partial charge in [0.2, 0.25) is 11.8 Å². The molecule has 1 unspecified atom stereocenters. The van der Waals surface area contributed by atoms with Gasteiger partial charge in [-0.1, -0.05) is 30.7 Å². The molecule has 4 rings (SSSR count). The Morgan fingerprint density at radius 3 is 2.57 bits per heavy atom. The monoisotopic (exact) mass is 399 g/mol. The quantitative estimate of drug-likeness (QED) is 0.847. The average Bonchev–Trinajstić information content (AvgIpc) is 3.13. The molecule has 6 heteroatoms. The maximum Gasteiger partial charge on any atom is 0.249 e. The Balaban J connectivity index is 1.57. The van der Waals surface area contributed by atoms with Crippen LogP contribution in [-0.2, 0) is 22.7 Å². The lowest BCUT2D eigenvalue weighted by molar-refractivity contribution is -0.144. The van der Waals surface area contributed by atoms with E-state index in [1.807, 2.05) is 47.2 Å². The number of halogens is 1. The summed E-state index contributed by atoms with van der Waals surface area (Å²) < 4.78 is 1.88. The largest absolute Gasteiger partial charge is 0.351 e. The number of carbonyl (C=O) groups excluding carboxylic acids is 2. The van der Waals surface area contributed by atoms with Gasteiger partial charge in [-0.15, -0.1) is 0 Å². The molecule has 1 aliphatic heterocycles. The van der Waals surface area contributed by atoms with Crippen molar-refractivity contribution in [2.75, 3.05) is 0 Å². The first-order valence-electron chi connectivity index (χ1n) is 10.0. The summed E-state index contributed by atoms with van der Waals surface area (Å²) in [7, 11) is 0. The van der Waals surface area contributed by atoms with Crippen molar-refractivity contribution in [2.24, 2.45) is 5.92 Å². The van der Waals surface area contributed by atoms with Gasteiger partial charge >= 0.3 is 0 Å². The van der Waals surface area contributed by atoms with Gasteiger partial charge in [-0.05, 0) is 61.4 Å². The van der Waals surface area contributed by atoms with Gasteiger partial charge in [0.05, 0.1) is 5.69 Å². The molecule has 0 radical (unpaired) electrons. The Labute approximate surface area is 170 Å². The first-order chi connectivity index (χ1) is 13.5. The van der Waals surface area contributed by atoms with E-state index in [0.717, 1.165) is 42.9 Å². The number of rotatable bonds is 4. The van der Waals surface area contributed by atoms with Crippen molar-refractivity contribution in [3.63, 3.8) is 0 Å². The fraction of sp³-hybridized carbons (Fsp3) is 0.455. The Morgan fingerprint density at radius 1 is 1.14 bits per heavy atom. The van der Waals surface area contributed by atoms with Crippen molar-refractivity contribution in [3.05, 3.63) is 58.9 Å². The van der Waals surface area contributed by atoms with E-state index >= 15 is 0 Å². The number of hydrogen-bond donors (Lipinski definition) is 1. The zero-order valence-electron chi connectivity index (χ0n) is 16.1. The molecule has 2 heterocycles. The van der Waals surface area contributed by atoms with E-state index in [0.29, 0.717) is 11.6 Å². The molecule has 2 aliphatic rings. The lowest BCUT2D eigenvalue weighted by atomic mass is 9.87. The first-order valence-corrected chi connectivity index (χ1v) is 10.4. The maximum absolute atomic E-state index is 13.3. The van der Waals surface area contributed by atoms with Crippen LogP contribution in [0.1, 0.15) is 49.9 Å². The summed E-state index contributed by atoms with van der Waals surface area (Å²) in [6, 6.07) is 10.9. The van der Waals surface area contributed by atoms with E-state index in [9.17, 15) is 9.59 Å². The molecule has 1 aromatic carbocycles. The van der Waals surface area contributed by atoms with Gasteiger partial charge in [0.25, 0.3) is 0 Å². The predicted octanol–water partition coefficient (Wildman–Crippen LogP) is 3.92. The predicted molar refractivity (Wildman–Crippen MR) is 109 cm³/mol. The summed E-state index contributed by atoms with van der Waals surface area (Å²) in [6.45, 7) is 2.92. The minimum atomic E-state index is -0.605. The van der Waals surface area contributed by atoms with Crippen LogP contribution in [0.3, 0.4) is 0 Å². The smallest absolute Gasteiger partial charge is 0.249 e. The van der Waals surface area contributed by atoms with E-state index in [-0.39, 0.29) is 24.4 Å². The average molecular weight is 400 g/mol. The van der Waals surface area contributed by atoms with Crippen LogP contribution >= 0.6 is 11.6 Å². The summed E-state index contributed by atoms with van der Waals surface area (Å²) in [5.41, 5.74) is 1.83. The fourth-order valence-electron chi connectivity index (χ4n) is 4.29. The van der Waals surface area contributed by atoms with Crippen molar-refractivity contribution in [2.45, 2.75) is 57.8 Å². The minimum Gasteiger partial charge on any atom is -0.351 e. The molecule has 2 amide bonds. The molecule has 1 atom stereocenters. The minimum absolute atomic E-state index is 0.0453. The van der Waals surface area contributed by atoms with Crippen molar-refractivity contribution in [1.29, 1.82) is 0 Å². The number of carbonyl (C=O) groups is 2. The Morgan fingerprint density at radius 2 is 1.86 bits per heavy atom. The molecule has 5 nitrogen and oxygen atoms in total. The second-order valence-corrected chi connectivity index (χ2v) is 8.51. The van der Waals surface area contributed by atoms with E-state index in [1.165, 1.54) is 0 Å². The van der Waals surface area contributed by atoms with Crippen molar-refractivity contribution in [1.82, 2.24) is 14.8 Å². The summed E-state index contributed by atoms with van der Waals surface area (Å²) in [6.07, 6.45) is 6.16. The topological polar surface area (TPSA) is 54.3 Å². The zero-order valence-corrected chi connectivity index (χ0v) is 16.9. The van der Waals surface area contributed by atoms with Crippen LogP contribution in [0.25, 0.3) is 0 Å². The van der Waals surface area contributed by atoms with Crippen molar-refractivity contribution >= 4 is 23.4 Å². The number of nitrogens with zero attached hydrogens (tertiary/aromatic N) is 2. The number of hydrogen-bond acceptors (Lipinski definition) is 2. The molecule has 1 aromatic heterocycles. The van der Waals surface area contributed by atoms with Gasteiger partial charge in [-0.3, -0.25) is 9.59 Å². The zero-order chi connectivity index (χ0) is 19.7. The molecule has 1 aliphatic carbocycles. The summed E-state index contributed by atoms with van der Waals surface area (Å²) in [4.78, 5) is 27.8. The highest BCUT2D eigenvalue weighted by Gasteiger charge is 2.38. The highest BCUT2D eigenvalue weighted by atomic mass is 35.5. The summed E-state index contributed by atoms with van der Waals surface area (Å²) >= 11 is 5.99. The van der Waals surface area contributed by atoms with Crippen LogP contribution in [0.15, 0.2) is 42.6 Å². The third kappa shape index (κ3) is 3.95. The molecular formula is C22H26ClN3O2. The number of amides is 2. The summed E-state index contributed by atoms with van der Waals surface area (Å²) in [5, 5.41) is 3.87. The van der Waals surface area contributed by atoms with Crippen molar-refractivity contribution < 1.29 is 9.59 Å². The highest BCUT2D eigenvalue weighted by molar-refractivity contribution is 6.30. The second kappa shape index (κ2) is 8.00. The maximum atomic E-state index is 13.3. The lowest BCUT2D eigenvalue weighted by Gasteiger charge is -2.37. The van der Waals surface area contributed by atoms with Gasteiger partial charge in [0, 0.05) is 23.8 Å². The normalized spacial score (nSPS) is 24.7. The molecule has 148 valence electrons. The molecule has 1 N–H and O–H groups in total. The molecule has 2 aromatic rings. The van der Waals surface area contributed by atoms with E-state index in [2.05, 4.69) is 12.2 Å². The van der Waals surface area contributed by atoms with Crippen LogP contribution in [-0.4, -0.2) is 27.3 Å². The Bertz CT molecular complexity index is 853. The second-order valence-electron chi connectivity index (χ2n) is 8.08. The SMILES string of the molecule is CC1CCC(NC(=O)C2c3cccn3CC(=O)N2Cc2ccc(Cl)cc2)CC1. The summed E-state index contributed by atoms with van der Waals surface area (Å²) in [5.74, 6) is 0.598. The molecule has 28 heavy (non-hydrogen) atoms. The van der Waals surface area contributed by atoms with Gasteiger partial charge in [0.1, 0.15) is 6.54 Å². The molecular weight excluding hydrogens is 374 g/mol. The van der Waals surface area contributed by atoms with E-state index < -0.39 is 6.04 Å². The van der Waals surface area contributed by atoms with Gasteiger partial charge in [-0.2, -0.15) is 0 Å². The van der Waals surface area contributed by atoms with Gasteiger partial charge in [-0.25, -0.2) is 0 Å². The number of nitrogens with one attached hydrogen (secondary N) is 1. The Kier molecular flexibility index (Phi) is 5.44. The molecule has 0 spiro atoms. The standard InChI is InChI=1S/C22H26ClN3O2/c1-15-4-10-18(11-5-15)24-22(28)21-19-3-2-12-25(19)14-20(27)26(21)13-16-6-8-17(23)9-7-16/h2-3,6-9,12,15,18,21H,4-5,10-11,13-14H2,1H3,(H,24,28). The van der Waals surface area contributed by atoms with Crippen LogP contribution in [0.5, 0.6) is 0 Å².